The predicted octanol–water partition coefficient (Wildman–Crippen LogP) is 3.23. The van der Waals surface area contributed by atoms with Crippen LogP contribution < -0.4 is 10.6 Å². The maximum absolute atomic E-state index is 12.3. The van der Waals surface area contributed by atoms with Gasteiger partial charge in [-0.25, -0.2) is 4.68 Å². The molecule has 2 aromatic heterocycles. The first-order chi connectivity index (χ1) is 16.5. The molecule has 180 valence electrons. The normalized spacial score (nSPS) is 15.4. The zero-order chi connectivity index (χ0) is 23.8. The number of aromatic nitrogens is 4. The van der Waals surface area contributed by atoms with Crippen molar-refractivity contribution in [3.05, 3.63) is 60.0 Å². The summed E-state index contributed by atoms with van der Waals surface area (Å²) in [5.74, 6) is 0.800. The standard InChI is InChI=1S/C25H32N6O3/c1-19(32)29-25(14-4-2-3-5-15-25)24-28-23(34-30-24)12-11-22(33)26-17-13-20-7-9-21(10-8-20)31-18-6-16-27-31/h6-10,16,18H,2-5,11-15,17H2,1H3,(H,26,33)(H,29,32). The highest BCUT2D eigenvalue weighted by Gasteiger charge is 2.38. The molecule has 4 rings (SSSR count). The Kier molecular flexibility index (Phi) is 7.72. The third kappa shape index (κ3) is 6.09. The number of hydrogen-bond acceptors (Lipinski definition) is 6. The average Bonchev–Trinajstić information content (AvgIpc) is 3.48. The van der Waals surface area contributed by atoms with E-state index in [0.29, 0.717) is 24.7 Å². The van der Waals surface area contributed by atoms with Crippen LogP contribution in [0.3, 0.4) is 0 Å². The van der Waals surface area contributed by atoms with Crippen LogP contribution in [-0.2, 0) is 28.0 Å². The third-order valence-corrected chi connectivity index (χ3v) is 6.28. The summed E-state index contributed by atoms with van der Waals surface area (Å²) >= 11 is 0. The monoisotopic (exact) mass is 464 g/mol. The highest BCUT2D eigenvalue weighted by atomic mass is 16.5. The Morgan fingerprint density at radius 3 is 2.53 bits per heavy atom. The molecule has 1 fully saturated rings. The van der Waals surface area contributed by atoms with Gasteiger partial charge in [0.15, 0.2) is 5.82 Å². The summed E-state index contributed by atoms with van der Waals surface area (Å²) in [4.78, 5) is 28.7. The van der Waals surface area contributed by atoms with E-state index in [-0.39, 0.29) is 18.2 Å². The van der Waals surface area contributed by atoms with Crippen LogP contribution in [0, 0.1) is 0 Å². The fourth-order valence-corrected chi connectivity index (χ4v) is 4.52. The van der Waals surface area contributed by atoms with E-state index < -0.39 is 5.54 Å². The van der Waals surface area contributed by atoms with Crippen molar-refractivity contribution in [2.24, 2.45) is 0 Å². The maximum Gasteiger partial charge on any atom is 0.227 e. The number of benzene rings is 1. The van der Waals surface area contributed by atoms with E-state index in [9.17, 15) is 9.59 Å². The zero-order valence-corrected chi connectivity index (χ0v) is 19.6. The molecule has 0 atom stereocenters. The minimum absolute atomic E-state index is 0.0565. The van der Waals surface area contributed by atoms with Gasteiger partial charge in [-0.15, -0.1) is 0 Å². The van der Waals surface area contributed by atoms with E-state index >= 15 is 0 Å². The summed E-state index contributed by atoms with van der Waals surface area (Å²) in [6.07, 6.45) is 10.9. The summed E-state index contributed by atoms with van der Waals surface area (Å²) in [6.45, 7) is 2.08. The maximum atomic E-state index is 12.3. The molecule has 0 bridgehead atoms. The van der Waals surface area contributed by atoms with E-state index in [1.807, 2.05) is 41.2 Å². The Balaban J connectivity index is 1.24. The number of nitrogens with one attached hydrogen (secondary N) is 2. The van der Waals surface area contributed by atoms with E-state index in [0.717, 1.165) is 56.2 Å². The Hall–Kier alpha value is -3.49. The van der Waals surface area contributed by atoms with Crippen molar-refractivity contribution < 1.29 is 14.1 Å². The van der Waals surface area contributed by atoms with Gasteiger partial charge in [0.05, 0.1) is 5.69 Å². The van der Waals surface area contributed by atoms with Crippen molar-refractivity contribution in [3.63, 3.8) is 0 Å². The SMILES string of the molecule is CC(=O)NC1(c2noc(CCC(=O)NCCc3ccc(-n4cccn4)cc3)n2)CCCCCC1. The van der Waals surface area contributed by atoms with Gasteiger partial charge in [0.25, 0.3) is 0 Å². The molecule has 2 N–H and O–H groups in total. The van der Waals surface area contributed by atoms with Gasteiger partial charge in [-0.2, -0.15) is 10.1 Å². The molecule has 34 heavy (non-hydrogen) atoms. The molecule has 0 unspecified atom stereocenters. The number of carbonyl (C=O) groups excluding carboxylic acids is 2. The molecular weight excluding hydrogens is 432 g/mol. The van der Waals surface area contributed by atoms with Crippen LogP contribution in [0.5, 0.6) is 0 Å². The number of carbonyl (C=O) groups is 2. The van der Waals surface area contributed by atoms with Crippen molar-refractivity contribution in [2.45, 2.75) is 70.3 Å². The van der Waals surface area contributed by atoms with Crippen molar-refractivity contribution in [3.8, 4) is 5.69 Å². The van der Waals surface area contributed by atoms with E-state index in [4.69, 9.17) is 4.52 Å². The molecule has 1 aromatic carbocycles. The predicted molar refractivity (Wildman–Crippen MR) is 126 cm³/mol. The molecule has 1 aliphatic rings. The van der Waals surface area contributed by atoms with Gasteiger partial charge in [0.2, 0.25) is 17.7 Å². The first kappa shape index (κ1) is 23.7. The Morgan fingerprint density at radius 2 is 1.85 bits per heavy atom. The van der Waals surface area contributed by atoms with Gasteiger partial charge >= 0.3 is 0 Å². The van der Waals surface area contributed by atoms with Crippen LogP contribution in [-0.4, -0.2) is 38.3 Å². The molecule has 2 amide bonds. The first-order valence-corrected chi connectivity index (χ1v) is 12.0. The minimum Gasteiger partial charge on any atom is -0.356 e. The second-order valence-corrected chi connectivity index (χ2v) is 8.91. The van der Waals surface area contributed by atoms with E-state index in [1.54, 1.807) is 6.20 Å². The lowest BCUT2D eigenvalue weighted by Crippen LogP contribution is -2.45. The lowest BCUT2D eigenvalue weighted by molar-refractivity contribution is -0.122. The molecule has 3 aromatic rings. The lowest BCUT2D eigenvalue weighted by Gasteiger charge is -2.30. The number of hydrogen-bond donors (Lipinski definition) is 2. The summed E-state index contributed by atoms with van der Waals surface area (Å²) < 4.78 is 7.24. The van der Waals surface area contributed by atoms with Crippen LogP contribution in [0.1, 0.15) is 69.1 Å². The van der Waals surface area contributed by atoms with Crippen LogP contribution in [0.25, 0.3) is 5.69 Å². The van der Waals surface area contributed by atoms with E-state index in [1.165, 1.54) is 6.92 Å². The molecule has 2 heterocycles. The quantitative estimate of drug-likeness (QED) is 0.470. The molecule has 1 saturated carbocycles. The first-order valence-electron chi connectivity index (χ1n) is 12.0. The highest BCUT2D eigenvalue weighted by molar-refractivity contribution is 5.76. The number of nitrogens with zero attached hydrogens (tertiary/aromatic N) is 4. The summed E-state index contributed by atoms with van der Waals surface area (Å²) in [7, 11) is 0. The second-order valence-electron chi connectivity index (χ2n) is 8.91. The number of rotatable bonds is 9. The van der Waals surface area contributed by atoms with Crippen LogP contribution in [0.2, 0.25) is 0 Å². The topological polar surface area (TPSA) is 115 Å². The van der Waals surface area contributed by atoms with E-state index in [2.05, 4.69) is 25.9 Å². The lowest BCUT2D eigenvalue weighted by atomic mass is 9.89. The van der Waals surface area contributed by atoms with Crippen LogP contribution in [0.4, 0.5) is 0 Å². The molecule has 0 aliphatic heterocycles. The average molecular weight is 465 g/mol. The second kappa shape index (κ2) is 11.1. The number of aryl methyl sites for hydroxylation is 1. The van der Waals surface area contributed by atoms with Gasteiger partial charge in [-0.1, -0.05) is 43.0 Å². The summed E-state index contributed by atoms with van der Waals surface area (Å²) in [5.41, 5.74) is 1.57. The molecule has 1 aliphatic carbocycles. The van der Waals surface area contributed by atoms with Crippen molar-refractivity contribution in [2.75, 3.05) is 6.54 Å². The molecule has 9 nitrogen and oxygen atoms in total. The fourth-order valence-electron chi connectivity index (χ4n) is 4.52. The van der Waals surface area contributed by atoms with Gasteiger partial charge in [-0.3, -0.25) is 9.59 Å². The molecular formula is C25H32N6O3. The Bertz CT molecular complexity index is 1070. The van der Waals surface area contributed by atoms with Gasteiger partial charge in [0.1, 0.15) is 5.54 Å². The Morgan fingerprint density at radius 1 is 1.09 bits per heavy atom. The molecule has 0 radical (unpaired) electrons. The Labute approximate surface area is 199 Å². The number of amides is 2. The van der Waals surface area contributed by atoms with Crippen LogP contribution >= 0.6 is 0 Å². The smallest absolute Gasteiger partial charge is 0.227 e. The van der Waals surface area contributed by atoms with Crippen LogP contribution in [0.15, 0.2) is 47.2 Å². The fraction of sp³-hybridized carbons (Fsp3) is 0.480. The molecule has 0 saturated heterocycles. The minimum atomic E-state index is -0.570. The van der Waals surface area contributed by atoms with Crippen molar-refractivity contribution in [1.82, 2.24) is 30.6 Å². The van der Waals surface area contributed by atoms with Gasteiger partial charge < -0.3 is 15.2 Å². The van der Waals surface area contributed by atoms with Crippen molar-refractivity contribution >= 4 is 11.8 Å². The zero-order valence-electron chi connectivity index (χ0n) is 19.6. The summed E-state index contributed by atoms with van der Waals surface area (Å²) in [6, 6.07) is 10.00. The molecule has 9 heteroatoms. The van der Waals surface area contributed by atoms with Crippen molar-refractivity contribution in [1.29, 1.82) is 0 Å². The third-order valence-electron chi connectivity index (χ3n) is 6.28. The summed E-state index contributed by atoms with van der Waals surface area (Å²) in [5, 5.41) is 14.4. The van der Waals surface area contributed by atoms with Gasteiger partial charge in [0, 0.05) is 38.7 Å². The highest BCUT2D eigenvalue weighted by Crippen LogP contribution is 2.34. The van der Waals surface area contributed by atoms with Gasteiger partial charge in [-0.05, 0) is 43.0 Å². The molecule has 0 spiro atoms. The largest absolute Gasteiger partial charge is 0.356 e.